The lowest BCUT2D eigenvalue weighted by Crippen LogP contribution is -2.45. The molecule has 1 unspecified atom stereocenters. The Kier molecular flexibility index (Phi) is 8.85. The van der Waals surface area contributed by atoms with Crippen LogP contribution in [0.5, 0.6) is 0 Å². The first-order valence-electron chi connectivity index (χ1n) is 19.9. The number of benzene rings is 7. The van der Waals surface area contributed by atoms with E-state index in [1.807, 2.05) is 17.1 Å². The summed E-state index contributed by atoms with van der Waals surface area (Å²) in [4.78, 5) is 0. The summed E-state index contributed by atoms with van der Waals surface area (Å²) in [6, 6.07) is 62.3. The predicted molar refractivity (Wildman–Crippen MR) is 239 cm³/mol. The van der Waals surface area contributed by atoms with Crippen LogP contribution in [-0.4, -0.2) is 26.5 Å². The number of fused-ring (bicyclic) bond motifs is 6. The fourth-order valence-electron chi connectivity index (χ4n) is 8.66. The molecule has 5 heteroatoms. The molecule has 57 heavy (non-hydrogen) atoms. The maximum atomic E-state index is 9.56. The number of nitrogens with zero attached hydrogens (tertiary/aromatic N) is 3. The second-order valence-corrected chi connectivity index (χ2v) is 15.0. The molecule has 2 aromatic heterocycles. The minimum atomic E-state index is -0.00102. The number of nitrogens with one attached hydrogen (secondary N) is 2. The fourth-order valence-corrected chi connectivity index (χ4v) is 8.66. The van der Waals surface area contributed by atoms with E-state index >= 15 is 0 Å². The number of aromatic nitrogens is 2. The van der Waals surface area contributed by atoms with Gasteiger partial charge in [-0.15, -0.1) is 0 Å². The van der Waals surface area contributed by atoms with E-state index in [2.05, 4.69) is 197 Å². The van der Waals surface area contributed by atoms with Crippen molar-refractivity contribution in [1.29, 1.82) is 5.41 Å². The monoisotopic (exact) mass is 737 g/mol. The second-order valence-electron chi connectivity index (χ2n) is 15.0. The van der Waals surface area contributed by atoms with Crippen molar-refractivity contribution in [3.63, 3.8) is 0 Å². The zero-order valence-electron chi connectivity index (χ0n) is 31.9. The van der Waals surface area contributed by atoms with Crippen LogP contribution in [0.15, 0.2) is 194 Å². The van der Waals surface area contributed by atoms with Crippen LogP contribution >= 0.6 is 0 Å². The highest BCUT2D eigenvalue weighted by Crippen LogP contribution is 2.40. The first kappa shape index (κ1) is 34.5. The van der Waals surface area contributed by atoms with E-state index in [1.54, 1.807) is 0 Å². The summed E-state index contributed by atoms with van der Waals surface area (Å²) in [5.74, 6) is 0.437. The molecular formula is C52H43N5. The second kappa shape index (κ2) is 14.6. The Labute approximate surface area is 332 Å². The minimum Gasteiger partial charge on any atom is -0.313 e. The third-order valence-corrected chi connectivity index (χ3v) is 11.5. The lowest BCUT2D eigenvalue weighted by Gasteiger charge is -2.31. The molecule has 0 radical (unpaired) electrons. The summed E-state index contributed by atoms with van der Waals surface area (Å²) < 4.78 is 4.89. The molecule has 2 N–H and O–H groups in total. The number of amidine groups is 1. The number of hydrogen-bond acceptors (Lipinski definition) is 2. The molecule has 0 amide bonds. The molecule has 9 aromatic rings. The summed E-state index contributed by atoms with van der Waals surface area (Å²) in [5, 5.41) is 16.6. The minimum absolute atomic E-state index is 0.00102. The predicted octanol–water partition coefficient (Wildman–Crippen LogP) is 12.7. The number of allylic oxidation sites excluding steroid dienone is 2. The Morgan fingerprint density at radius 2 is 1.16 bits per heavy atom. The Balaban J connectivity index is 1.06. The van der Waals surface area contributed by atoms with Crippen LogP contribution in [0.4, 0.5) is 0 Å². The van der Waals surface area contributed by atoms with Crippen molar-refractivity contribution in [2.45, 2.75) is 25.8 Å². The highest BCUT2D eigenvalue weighted by atomic mass is 15.5. The van der Waals surface area contributed by atoms with Gasteiger partial charge >= 0.3 is 0 Å². The van der Waals surface area contributed by atoms with Crippen molar-refractivity contribution < 1.29 is 0 Å². The van der Waals surface area contributed by atoms with Gasteiger partial charge in [0, 0.05) is 44.5 Å². The largest absolute Gasteiger partial charge is 0.313 e. The van der Waals surface area contributed by atoms with Gasteiger partial charge in [-0.25, -0.2) is 5.43 Å². The van der Waals surface area contributed by atoms with Gasteiger partial charge in [0.05, 0.1) is 28.6 Å². The van der Waals surface area contributed by atoms with Gasteiger partial charge in [-0.05, 0) is 84.5 Å². The summed E-state index contributed by atoms with van der Waals surface area (Å²) in [6.07, 6.45) is 6.54. The molecular weight excluding hydrogens is 695 g/mol. The third-order valence-electron chi connectivity index (χ3n) is 11.5. The van der Waals surface area contributed by atoms with Gasteiger partial charge in [0.15, 0.2) is 0 Å². The van der Waals surface area contributed by atoms with Crippen molar-refractivity contribution in [1.82, 2.24) is 19.6 Å². The maximum Gasteiger partial charge on any atom is 0.142 e. The molecule has 1 aliphatic rings. The van der Waals surface area contributed by atoms with Gasteiger partial charge in [-0.1, -0.05) is 146 Å². The Morgan fingerprint density at radius 3 is 1.84 bits per heavy atom. The van der Waals surface area contributed by atoms with Gasteiger partial charge in [0.2, 0.25) is 0 Å². The van der Waals surface area contributed by atoms with Crippen LogP contribution in [0.1, 0.15) is 36.9 Å². The first-order chi connectivity index (χ1) is 28.1. The van der Waals surface area contributed by atoms with E-state index < -0.39 is 0 Å². The van der Waals surface area contributed by atoms with Gasteiger partial charge in [0.1, 0.15) is 5.84 Å². The maximum absolute atomic E-state index is 9.56. The van der Waals surface area contributed by atoms with E-state index in [-0.39, 0.29) is 6.04 Å². The number of hydrazine groups is 1. The van der Waals surface area contributed by atoms with Gasteiger partial charge in [-0.3, -0.25) is 10.4 Å². The van der Waals surface area contributed by atoms with Crippen molar-refractivity contribution in [3.05, 3.63) is 205 Å². The molecule has 1 atom stereocenters. The molecule has 0 saturated heterocycles. The molecule has 0 spiro atoms. The Bertz CT molecular complexity index is 2970. The zero-order valence-corrected chi connectivity index (χ0v) is 31.9. The standard InChI is InChI=1S/C52H43N5/c1-36(38-17-5-2-6-18-38)54-55(52(53)41-30-28-40(29-31-41)39-19-7-3-8-20-39)35-37-16-15-23-43(32-37)57-49-27-14-12-25-45(49)47-33-46-44-24-11-13-26-48(44)56(50(46)34-51(47)57)42-21-9-4-10-22-42/h2-14,16-22,24-34,36,53-54H,15,23,35H2,1H3. The summed E-state index contributed by atoms with van der Waals surface area (Å²) in [7, 11) is 0. The van der Waals surface area contributed by atoms with Gasteiger partial charge in [0.25, 0.3) is 0 Å². The van der Waals surface area contributed by atoms with Crippen LogP contribution in [-0.2, 0) is 0 Å². The van der Waals surface area contributed by atoms with E-state index in [0.717, 1.165) is 29.7 Å². The number of rotatable bonds is 9. The topological polar surface area (TPSA) is 49.0 Å². The van der Waals surface area contributed by atoms with Crippen LogP contribution < -0.4 is 5.43 Å². The molecule has 0 saturated carbocycles. The van der Waals surface area contributed by atoms with E-state index in [9.17, 15) is 5.41 Å². The molecule has 10 rings (SSSR count). The molecule has 276 valence electrons. The summed E-state index contributed by atoms with van der Waals surface area (Å²) in [6.45, 7) is 2.71. The lowest BCUT2D eigenvalue weighted by molar-refractivity contribution is 0.288. The third kappa shape index (κ3) is 6.32. The number of hydrogen-bond donors (Lipinski definition) is 2. The SMILES string of the molecule is CC(NN(CC1=CCCC(n2c3ccccc3c3cc4c5ccccc5n(-c5ccccc5)c4cc32)=C1)C(=N)c1ccc(-c2ccccc2)cc1)c1ccccc1. The van der Waals surface area contributed by atoms with Crippen LogP contribution in [0.2, 0.25) is 0 Å². The van der Waals surface area contributed by atoms with E-state index in [0.29, 0.717) is 12.4 Å². The van der Waals surface area contributed by atoms with Crippen LogP contribution in [0, 0.1) is 5.41 Å². The Morgan fingerprint density at radius 1 is 0.596 bits per heavy atom. The average Bonchev–Trinajstić information content (AvgIpc) is 3.78. The van der Waals surface area contributed by atoms with Crippen molar-refractivity contribution in [2.24, 2.45) is 0 Å². The van der Waals surface area contributed by atoms with E-state index in [1.165, 1.54) is 66.0 Å². The van der Waals surface area contributed by atoms with Crippen molar-refractivity contribution >= 4 is 55.1 Å². The Hall–Kier alpha value is -6.95. The highest BCUT2D eigenvalue weighted by molar-refractivity contribution is 6.19. The zero-order chi connectivity index (χ0) is 38.3. The van der Waals surface area contributed by atoms with Gasteiger partial charge < -0.3 is 9.13 Å². The molecule has 5 nitrogen and oxygen atoms in total. The quantitative estimate of drug-likeness (QED) is 0.0880. The smallest absolute Gasteiger partial charge is 0.142 e. The summed E-state index contributed by atoms with van der Waals surface area (Å²) in [5.41, 5.74) is 16.5. The van der Waals surface area contributed by atoms with Crippen LogP contribution in [0.3, 0.4) is 0 Å². The van der Waals surface area contributed by atoms with Crippen LogP contribution in [0.25, 0.3) is 66.1 Å². The molecule has 0 fully saturated rings. The van der Waals surface area contributed by atoms with Gasteiger partial charge in [-0.2, -0.15) is 0 Å². The fraction of sp³-hybridized carbons (Fsp3) is 0.0962. The average molecular weight is 738 g/mol. The summed E-state index contributed by atoms with van der Waals surface area (Å²) >= 11 is 0. The molecule has 1 aliphatic carbocycles. The molecule has 2 heterocycles. The normalized spacial score (nSPS) is 13.6. The van der Waals surface area contributed by atoms with E-state index in [4.69, 9.17) is 0 Å². The lowest BCUT2D eigenvalue weighted by atomic mass is 10.0. The molecule has 0 bridgehead atoms. The van der Waals surface area contributed by atoms with Crippen molar-refractivity contribution in [2.75, 3.05) is 6.54 Å². The van der Waals surface area contributed by atoms with Crippen molar-refractivity contribution in [3.8, 4) is 16.8 Å². The molecule has 0 aliphatic heterocycles. The first-order valence-corrected chi connectivity index (χ1v) is 19.9. The highest BCUT2D eigenvalue weighted by Gasteiger charge is 2.22. The number of para-hydroxylation sites is 3. The molecule has 7 aromatic carbocycles.